The molecule has 2 atom stereocenters. The Morgan fingerprint density at radius 1 is 1.43 bits per heavy atom. The molecule has 0 radical (unpaired) electrons. The number of hydrogen-bond donors (Lipinski definition) is 0. The minimum Gasteiger partial charge on any atom is -0.478 e. The normalized spacial score (nSPS) is 23.4. The highest BCUT2D eigenvalue weighted by molar-refractivity contribution is 5.98. The second-order valence-electron chi connectivity index (χ2n) is 5.98. The molecule has 2 fully saturated rings. The number of carbonyl (C=O) groups excluding carboxylic acids is 2. The van der Waals surface area contributed by atoms with Gasteiger partial charge in [0.05, 0.1) is 17.5 Å². The molecule has 6 nitrogen and oxygen atoms in total. The molecule has 0 spiro atoms. The molecule has 23 heavy (non-hydrogen) atoms. The minimum absolute atomic E-state index is 0.0715. The van der Waals surface area contributed by atoms with Crippen molar-refractivity contribution in [2.24, 2.45) is 5.92 Å². The molecule has 0 saturated carbocycles. The fourth-order valence-corrected chi connectivity index (χ4v) is 3.51. The molecular weight excluding hydrogens is 294 g/mol. The quantitative estimate of drug-likeness (QED) is 0.842. The molecule has 0 aliphatic carbocycles. The van der Waals surface area contributed by atoms with Crippen molar-refractivity contribution in [3.63, 3.8) is 0 Å². The summed E-state index contributed by atoms with van der Waals surface area (Å²) in [4.78, 5) is 28.7. The third-order valence-electron chi connectivity index (χ3n) is 4.60. The maximum absolute atomic E-state index is 13.0. The van der Waals surface area contributed by atoms with Gasteiger partial charge in [-0.1, -0.05) is 12.1 Å². The molecule has 2 saturated heterocycles. The van der Waals surface area contributed by atoms with Crippen LogP contribution in [0, 0.1) is 17.2 Å². The van der Waals surface area contributed by atoms with E-state index in [1.54, 1.807) is 41.1 Å². The first-order valence-corrected chi connectivity index (χ1v) is 7.78. The first-order valence-electron chi connectivity index (χ1n) is 7.78. The van der Waals surface area contributed by atoms with E-state index in [0.717, 1.165) is 12.8 Å². The predicted molar refractivity (Wildman–Crippen MR) is 82.7 cm³/mol. The fraction of sp³-hybridized carbons (Fsp3) is 0.471. The van der Waals surface area contributed by atoms with Crippen LogP contribution in [0.2, 0.25) is 0 Å². The third-order valence-corrected chi connectivity index (χ3v) is 4.60. The van der Waals surface area contributed by atoms with Gasteiger partial charge in [-0.3, -0.25) is 9.59 Å². The molecule has 2 amide bonds. The highest BCUT2D eigenvalue weighted by Crippen LogP contribution is 2.33. The van der Waals surface area contributed by atoms with E-state index in [1.807, 2.05) is 6.07 Å². The number of para-hydroxylation sites is 1. The van der Waals surface area contributed by atoms with E-state index in [9.17, 15) is 9.59 Å². The highest BCUT2D eigenvalue weighted by atomic mass is 16.5. The second kappa shape index (κ2) is 6.29. The van der Waals surface area contributed by atoms with Crippen LogP contribution >= 0.6 is 0 Å². The summed E-state index contributed by atoms with van der Waals surface area (Å²) in [5.41, 5.74) is 0.449. The number of amides is 2. The zero-order chi connectivity index (χ0) is 16.4. The van der Waals surface area contributed by atoms with E-state index < -0.39 is 0 Å². The van der Waals surface area contributed by atoms with E-state index in [2.05, 4.69) is 0 Å². The van der Waals surface area contributed by atoms with Crippen molar-refractivity contribution in [3.8, 4) is 11.8 Å². The van der Waals surface area contributed by atoms with Gasteiger partial charge in [0, 0.05) is 20.1 Å². The zero-order valence-corrected chi connectivity index (χ0v) is 13.1. The Labute approximate surface area is 135 Å². The summed E-state index contributed by atoms with van der Waals surface area (Å²) in [6, 6.07) is 8.79. The lowest BCUT2D eigenvalue weighted by Gasteiger charge is -2.36. The molecule has 1 aromatic carbocycles. The predicted octanol–water partition coefficient (Wildman–Crippen LogP) is 1.28. The van der Waals surface area contributed by atoms with Crippen LogP contribution in [0.1, 0.15) is 23.2 Å². The number of nitrogens with zero attached hydrogens (tertiary/aromatic N) is 3. The summed E-state index contributed by atoms with van der Waals surface area (Å²) in [6.07, 6.45) is 1.66. The van der Waals surface area contributed by atoms with Gasteiger partial charge in [-0.2, -0.15) is 5.26 Å². The van der Waals surface area contributed by atoms with Crippen LogP contribution in [0.4, 0.5) is 0 Å². The number of carbonyl (C=O) groups is 2. The lowest BCUT2D eigenvalue weighted by molar-refractivity contribution is -0.130. The van der Waals surface area contributed by atoms with Crippen LogP contribution in [0.25, 0.3) is 0 Å². The largest absolute Gasteiger partial charge is 0.478 e. The monoisotopic (exact) mass is 313 g/mol. The Bertz CT molecular complexity index is 667. The molecule has 3 rings (SSSR count). The van der Waals surface area contributed by atoms with Gasteiger partial charge in [0.15, 0.2) is 6.61 Å². The summed E-state index contributed by atoms with van der Waals surface area (Å²) in [5, 5.41) is 8.67. The fourth-order valence-electron chi connectivity index (χ4n) is 3.51. The van der Waals surface area contributed by atoms with Crippen LogP contribution in [0.3, 0.4) is 0 Å². The Morgan fingerprint density at radius 3 is 3.00 bits per heavy atom. The molecule has 0 bridgehead atoms. The van der Waals surface area contributed by atoms with Crippen molar-refractivity contribution >= 4 is 11.8 Å². The van der Waals surface area contributed by atoms with Gasteiger partial charge in [-0.15, -0.1) is 0 Å². The van der Waals surface area contributed by atoms with Gasteiger partial charge < -0.3 is 14.5 Å². The maximum atomic E-state index is 13.0. The number of rotatable bonds is 3. The number of benzene rings is 1. The smallest absolute Gasteiger partial charge is 0.257 e. The Kier molecular flexibility index (Phi) is 4.20. The highest BCUT2D eigenvalue weighted by Gasteiger charge is 2.45. The van der Waals surface area contributed by atoms with E-state index in [-0.39, 0.29) is 30.4 Å². The number of piperidine rings is 1. The summed E-state index contributed by atoms with van der Waals surface area (Å²) in [7, 11) is 1.79. The number of nitriles is 1. The van der Waals surface area contributed by atoms with Crippen LogP contribution in [0.5, 0.6) is 5.75 Å². The first kappa shape index (κ1) is 15.3. The average Bonchev–Trinajstić information content (AvgIpc) is 2.87. The second-order valence-corrected chi connectivity index (χ2v) is 5.98. The van der Waals surface area contributed by atoms with Crippen molar-refractivity contribution in [2.45, 2.75) is 18.9 Å². The van der Waals surface area contributed by atoms with Gasteiger partial charge in [-0.25, -0.2) is 0 Å². The van der Waals surface area contributed by atoms with Crippen molar-refractivity contribution < 1.29 is 14.3 Å². The summed E-state index contributed by atoms with van der Waals surface area (Å²) in [5.74, 6) is 0.321. The van der Waals surface area contributed by atoms with Gasteiger partial charge in [-0.05, 0) is 25.0 Å². The Morgan fingerprint density at radius 2 is 2.22 bits per heavy atom. The van der Waals surface area contributed by atoms with Crippen LogP contribution in [0.15, 0.2) is 24.3 Å². The average molecular weight is 313 g/mol. The van der Waals surface area contributed by atoms with Gasteiger partial charge in [0.2, 0.25) is 5.91 Å². The van der Waals surface area contributed by atoms with Gasteiger partial charge >= 0.3 is 0 Å². The van der Waals surface area contributed by atoms with Crippen molar-refractivity contribution in [1.29, 1.82) is 5.26 Å². The lowest BCUT2D eigenvalue weighted by atomic mass is 9.91. The topological polar surface area (TPSA) is 73.6 Å². The summed E-state index contributed by atoms with van der Waals surface area (Å²) in [6.45, 7) is 1.13. The molecule has 120 valence electrons. The molecule has 2 aliphatic heterocycles. The van der Waals surface area contributed by atoms with E-state index in [1.165, 1.54) is 0 Å². The molecule has 6 heteroatoms. The van der Waals surface area contributed by atoms with Crippen LogP contribution in [-0.2, 0) is 4.79 Å². The number of fused-ring (bicyclic) bond motifs is 1. The van der Waals surface area contributed by atoms with Crippen molar-refractivity contribution in [3.05, 3.63) is 29.8 Å². The molecule has 0 unspecified atom stereocenters. The molecule has 2 heterocycles. The van der Waals surface area contributed by atoms with Crippen molar-refractivity contribution in [2.75, 3.05) is 26.7 Å². The number of ether oxygens (including phenoxy) is 1. The van der Waals surface area contributed by atoms with Crippen LogP contribution < -0.4 is 4.74 Å². The number of likely N-dealkylation sites (tertiary alicyclic amines) is 2. The SMILES string of the molecule is CN1C[C@@H]2[C@@H](CCCN2C(=O)c2ccccc2OCC#N)C1=O. The lowest BCUT2D eigenvalue weighted by Crippen LogP contribution is -2.48. The first-order chi connectivity index (χ1) is 11.1. The molecule has 0 N–H and O–H groups in total. The zero-order valence-electron chi connectivity index (χ0n) is 13.1. The Hall–Kier alpha value is -2.55. The van der Waals surface area contributed by atoms with E-state index in [0.29, 0.717) is 24.4 Å². The third kappa shape index (κ3) is 2.74. The molecule has 2 aliphatic rings. The molecule has 0 aromatic heterocycles. The number of likely N-dealkylation sites (N-methyl/N-ethyl adjacent to an activating group) is 1. The van der Waals surface area contributed by atoms with E-state index >= 15 is 0 Å². The Balaban J connectivity index is 1.86. The maximum Gasteiger partial charge on any atom is 0.257 e. The van der Waals surface area contributed by atoms with Crippen molar-refractivity contribution in [1.82, 2.24) is 9.80 Å². The van der Waals surface area contributed by atoms with Gasteiger partial charge in [0.25, 0.3) is 5.91 Å². The summed E-state index contributed by atoms with van der Waals surface area (Å²) < 4.78 is 5.37. The minimum atomic E-state index is -0.128. The van der Waals surface area contributed by atoms with Crippen LogP contribution in [-0.4, -0.2) is 54.4 Å². The van der Waals surface area contributed by atoms with E-state index in [4.69, 9.17) is 10.00 Å². The molecule has 1 aromatic rings. The molecular formula is C17H19N3O3. The summed E-state index contributed by atoms with van der Waals surface area (Å²) >= 11 is 0. The number of hydrogen-bond acceptors (Lipinski definition) is 4. The standard InChI is InChI=1S/C17H19N3O3/c1-19-11-14-12(16(19)21)6-4-9-20(14)17(22)13-5-2-3-7-15(13)23-10-8-18/h2-3,5,7,12,14H,4,6,9-11H2,1H3/t12-,14-/m1/s1. The van der Waals surface area contributed by atoms with Gasteiger partial charge in [0.1, 0.15) is 11.8 Å².